The number of hydrogen-bond donors (Lipinski definition) is 2. The van der Waals surface area contributed by atoms with Gasteiger partial charge in [-0.15, -0.1) is 0 Å². The fourth-order valence-corrected chi connectivity index (χ4v) is 4.47. The summed E-state index contributed by atoms with van der Waals surface area (Å²) >= 11 is 0. The molecule has 5 nitrogen and oxygen atoms in total. The third-order valence-corrected chi connectivity index (χ3v) is 5.60. The molecule has 0 spiro atoms. The zero-order valence-corrected chi connectivity index (χ0v) is 17.0. The molecular formula is C23H30N2O3. The summed E-state index contributed by atoms with van der Waals surface area (Å²) in [6, 6.07) is 13.4. The first-order valence-electron chi connectivity index (χ1n) is 9.95. The van der Waals surface area contributed by atoms with E-state index >= 15 is 0 Å². The lowest BCUT2D eigenvalue weighted by Gasteiger charge is -2.45. The molecule has 1 amide bonds. The van der Waals surface area contributed by atoms with Crippen LogP contribution in [0.1, 0.15) is 49.9 Å². The predicted molar refractivity (Wildman–Crippen MR) is 111 cm³/mol. The molecular weight excluding hydrogens is 352 g/mol. The number of aromatic amines is 1. The van der Waals surface area contributed by atoms with Crippen molar-refractivity contribution >= 4 is 5.91 Å². The first kappa shape index (κ1) is 20.3. The standard InChI is InChI=1S/C23H30N2O3/c1-17-7-4-5-9-19(17)23(12-14-28-22(2,3)16-23)15-21(27)24-13-11-18-8-6-10-20(26)25-18/h4-10H,11-16H2,1-3H3,(H,24,27)(H,25,26)/t23-/m1/s1. The highest BCUT2D eigenvalue weighted by Crippen LogP contribution is 2.45. The monoisotopic (exact) mass is 382 g/mol. The molecule has 1 fully saturated rings. The molecule has 2 heterocycles. The number of aryl methyl sites for hydroxylation is 1. The fraction of sp³-hybridized carbons (Fsp3) is 0.478. The van der Waals surface area contributed by atoms with Crippen molar-refractivity contribution in [3.63, 3.8) is 0 Å². The van der Waals surface area contributed by atoms with Crippen LogP contribution in [0.4, 0.5) is 0 Å². The molecule has 3 rings (SSSR count). The van der Waals surface area contributed by atoms with E-state index in [2.05, 4.69) is 49.3 Å². The van der Waals surface area contributed by atoms with Gasteiger partial charge in [0.15, 0.2) is 0 Å². The molecule has 0 bridgehead atoms. The van der Waals surface area contributed by atoms with E-state index in [9.17, 15) is 9.59 Å². The highest BCUT2D eigenvalue weighted by atomic mass is 16.5. The van der Waals surface area contributed by atoms with Gasteiger partial charge in [-0.2, -0.15) is 0 Å². The molecule has 5 heteroatoms. The lowest BCUT2D eigenvalue weighted by molar-refractivity contribution is -0.126. The molecule has 1 aliphatic rings. The van der Waals surface area contributed by atoms with Gasteiger partial charge in [-0.1, -0.05) is 30.3 Å². The number of pyridine rings is 1. The second-order valence-corrected chi connectivity index (χ2v) is 8.45. The number of ether oxygens (including phenoxy) is 1. The molecule has 0 radical (unpaired) electrons. The minimum Gasteiger partial charge on any atom is -0.376 e. The Morgan fingerprint density at radius 3 is 2.68 bits per heavy atom. The SMILES string of the molecule is Cc1ccccc1[C@@]1(CC(=O)NCCc2cccc(=O)[nH]2)CCOC(C)(C)C1. The van der Waals surface area contributed by atoms with Crippen LogP contribution in [0.3, 0.4) is 0 Å². The van der Waals surface area contributed by atoms with Gasteiger partial charge in [-0.05, 0) is 50.8 Å². The number of nitrogens with one attached hydrogen (secondary N) is 2. The van der Waals surface area contributed by atoms with Crippen LogP contribution in [0.25, 0.3) is 0 Å². The van der Waals surface area contributed by atoms with Gasteiger partial charge in [0.05, 0.1) is 5.60 Å². The largest absolute Gasteiger partial charge is 0.376 e. The highest BCUT2D eigenvalue weighted by molar-refractivity contribution is 5.77. The maximum atomic E-state index is 12.8. The first-order valence-corrected chi connectivity index (χ1v) is 9.95. The van der Waals surface area contributed by atoms with Crippen LogP contribution in [0.5, 0.6) is 0 Å². The van der Waals surface area contributed by atoms with Crippen LogP contribution in [0, 0.1) is 6.92 Å². The number of hydrogen-bond acceptors (Lipinski definition) is 3. The summed E-state index contributed by atoms with van der Waals surface area (Å²) in [5.74, 6) is 0.0410. The molecule has 1 aliphatic heterocycles. The van der Waals surface area contributed by atoms with Gasteiger partial charge in [-0.3, -0.25) is 9.59 Å². The Morgan fingerprint density at radius 2 is 1.96 bits per heavy atom. The molecule has 1 aromatic carbocycles. The van der Waals surface area contributed by atoms with Crippen LogP contribution in [-0.2, 0) is 21.4 Å². The molecule has 0 unspecified atom stereocenters. The molecule has 1 atom stereocenters. The summed E-state index contributed by atoms with van der Waals surface area (Å²) in [4.78, 5) is 27.0. The van der Waals surface area contributed by atoms with Crippen molar-refractivity contribution < 1.29 is 9.53 Å². The Bertz CT molecular complexity index is 887. The Labute approximate surface area is 166 Å². The van der Waals surface area contributed by atoms with Crippen LogP contribution in [0.2, 0.25) is 0 Å². The van der Waals surface area contributed by atoms with Crippen molar-refractivity contribution in [2.75, 3.05) is 13.2 Å². The Hall–Kier alpha value is -2.40. The second-order valence-electron chi connectivity index (χ2n) is 8.45. The third kappa shape index (κ3) is 4.90. The number of benzene rings is 1. The highest BCUT2D eigenvalue weighted by Gasteiger charge is 2.44. The maximum Gasteiger partial charge on any atom is 0.248 e. The Kier molecular flexibility index (Phi) is 6.04. The normalized spacial score (nSPS) is 21.2. The van der Waals surface area contributed by atoms with Crippen molar-refractivity contribution in [2.24, 2.45) is 0 Å². The van der Waals surface area contributed by atoms with Crippen molar-refractivity contribution in [3.8, 4) is 0 Å². The molecule has 1 saturated heterocycles. The minimum absolute atomic E-state index is 0.0410. The fourth-order valence-electron chi connectivity index (χ4n) is 4.47. The number of rotatable bonds is 6. The molecule has 2 aromatic rings. The van der Waals surface area contributed by atoms with Crippen LogP contribution < -0.4 is 10.9 Å². The Balaban J connectivity index is 1.72. The van der Waals surface area contributed by atoms with Gasteiger partial charge in [0.2, 0.25) is 11.5 Å². The lowest BCUT2D eigenvalue weighted by Crippen LogP contribution is -2.47. The summed E-state index contributed by atoms with van der Waals surface area (Å²) in [6.45, 7) is 7.47. The smallest absolute Gasteiger partial charge is 0.248 e. The van der Waals surface area contributed by atoms with Crippen LogP contribution in [-0.4, -0.2) is 29.6 Å². The summed E-state index contributed by atoms with van der Waals surface area (Å²) in [5, 5.41) is 3.04. The lowest BCUT2D eigenvalue weighted by atomic mass is 9.66. The van der Waals surface area contributed by atoms with E-state index in [1.165, 1.54) is 17.2 Å². The van der Waals surface area contributed by atoms with E-state index in [0.29, 0.717) is 26.0 Å². The number of H-pyrrole nitrogens is 1. The average molecular weight is 383 g/mol. The summed E-state index contributed by atoms with van der Waals surface area (Å²) in [5.41, 5.74) is 2.69. The first-order chi connectivity index (χ1) is 13.3. The molecule has 0 aliphatic carbocycles. The maximum absolute atomic E-state index is 12.8. The zero-order chi connectivity index (χ0) is 20.2. The van der Waals surface area contributed by atoms with E-state index < -0.39 is 0 Å². The number of aromatic nitrogens is 1. The quantitative estimate of drug-likeness (QED) is 0.806. The minimum atomic E-state index is -0.260. The van der Waals surface area contributed by atoms with Crippen LogP contribution in [0.15, 0.2) is 47.3 Å². The molecule has 28 heavy (non-hydrogen) atoms. The van der Waals surface area contributed by atoms with E-state index in [-0.39, 0.29) is 22.5 Å². The van der Waals surface area contributed by atoms with E-state index in [0.717, 1.165) is 18.5 Å². The van der Waals surface area contributed by atoms with Crippen molar-refractivity contribution in [3.05, 3.63) is 69.6 Å². The topological polar surface area (TPSA) is 71.2 Å². The van der Waals surface area contributed by atoms with Crippen molar-refractivity contribution in [1.82, 2.24) is 10.3 Å². The second kappa shape index (κ2) is 8.31. The number of amides is 1. The number of carbonyl (C=O) groups excluding carboxylic acids is 1. The van der Waals surface area contributed by atoms with Gasteiger partial charge in [-0.25, -0.2) is 0 Å². The summed E-state index contributed by atoms with van der Waals surface area (Å²) < 4.78 is 5.95. The predicted octanol–water partition coefficient (Wildman–Crippen LogP) is 3.26. The van der Waals surface area contributed by atoms with Crippen molar-refractivity contribution in [2.45, 2.75) is 57.5 Å². The summed E-state index contributed by atoms with van der Waals surface area (Å²) in [7, 11) is 0. The van der Waals surface area contributed by atoms with Crippen molar-refractivity contribution in [1.29, 1.82) is 0 Å². The third-order valence-electron chi connectivity index (χ3n) is 5.60. The molecule has 150 valence electrons. The van der Waals surface area contributed by atoms with E-state index in [1.54, 1.807) is 6.07 Å². The van der Waals surface area contributed by atoms with Gasteiger partial charge < -0.3 is 15.0 Å². The van der Waals surface area contributed by atoms with Gasteiger partial charge in [0.1, 0.15) is 0 Å². The number of carbonyl (C=O) groups is 1. The van der Waals surface area contributed by atoms with Gasteiger partial charge in [0, 0.05) is 43.2 Å². The van der Waals surface area contributed by atoms with Crippen LogP contribution >= 0.6 is 0 Å². The average Bonchev–Trinajstić information content (AvgIpc) is 2.61. The van der Waals surface area contributed by atoms with E-state index in [4.69, 9.17) is 4.74 Å². The molecule has 2 N–H and O–H groups in total. The zero-order valence-electron chi connectivity index (χ0n) is 17.0. The summed E-state index contributed by atoms with van der Waals surface area (Å²) in [6.07, 6.45) is 2.69. The van der Waals surface area contributed by atoms with Gasteiger partial charge >= 0.3 is 0 Å². The molecule has 0 saturated carbocycles. The van der Waals surface area contributed by atoms with E-state index in [1.807, 2.05) is 12.1 Å². The molecule has 1 aromatic heterocycles. The van der Waals surface area contributed by atoms with Gasteiger partial charge in [0.25, 0.3) is 0 Å². The Morgan fingerprint density at radius 1 is 1.18 bits per heavy atom.